The van der Waals surface area contributed by atoms with Crippen LogP contribution in [-0.4, -0.2) is 27.5 Å². The molecule has 0 radical (unpaired) electrons. The van der Waals surface area contributed by atoms with Crippen molar-refractivity contribution in [3.63, 3.8) is 0 Å². The fourth-order valence-corrected chi connectivity index (χ4v) is 7.55. The molecule has 0 unspecified atom stereocenters. The third-order valence-corrected chi connectivity index (χ3v) is 8.66. The summed E-state index contributed by atoms with van der Waals surface area (Å²) in [5.41, 5.74) is 12.8. The first kappa shape index (κ1) is 23.0. The Kier molecular flexibility index (Phi) is 5.70. The second-order valence-corrected chi connectivity index (χ2v) is 11.3. The van der Waals surface area contributed by atoms with Gasteiger partial charge in [0.2, 0.25) is 0 Å². The molecule has 0 spiro atoms. The molecule has 1 heterocycles. The van der Waals surface area contributed by atoms with E-state index in [2.05, 4.69) is 36.6 Å². The van der Waals surface area contributed by atoms with Crippen molar-refractivity contribution in [1.82, 2.24) is 15.4 Å². The molecule has 1 aromatic heterocycles. The SMILES string of the molecule is CCCc1ccc(-c2cc(C(=O)NN(C(N)=O)C34CC5CC(CC(C5)C3)C4)c3ccccc3n2)cc1. The first-order chi connectivity index (χ1) is 17.4. The Morgan fingerprint density at radius 2 is 1.64 bits per heavy atom. The Morgan fingerprint density at radius 1 is 1.00 bits per heavy atom. The first-order valence-electron chi connectivity index (χ1n) is 13.3. The lowest BCUT2D eigenvalue weighted by Crippen LogP contribution is -2.67. The van der Waals surface area contributed by atoms with Crippen LogP contribution in [0.2, 0.25) is 0 Å². The summed E-state index contributed by atoms with van der Waals surface area (Å²) in [4.78, 5) is 31.4. The number of nitrogens with zero attached hydrogens (tertiary/aromatic N) is 2. The number of rotatable bonds is 5. The number of nitrogens with two attached hydrogens (primary N) is 1. The summed E-state index contributed by atoms with van der Waals surface area (Å²) in [6.45, 7) is 2.17. The molecule has 4 saturated carbocycles. The van der Waals surface area contributed by atoms with Crippen molar-refractivity contribution >= 4 is 22.8 Å². The van der Waals surface area contributed by atoms with Gasteiger partial charge >= 0.3 is 6.03 Å². The highest BCUT2D eigenvalue weighted by Gasteiger charge is 2.55. The Hall–Kier alpha value is -3.41. The number of pyridine rings is 1. The van der Waals surface area contributed by atoms with Crippen LogP contribution in [0.5, 0.6) is 0 Å². The monoisotopic (exact) mass is 482 g/mol. The van der Waals surface area contributed by atoms with Gasteiger partial charge < -0.3 is 5.73 Å². The fourth-order valence-electron chi connectivity index (χ4n) is 7.55. The van der Waals surface area contributed by atoms with Gasteiger partial charge in [-0.15, -0.1) is 0 Å². The van der Waals surface area contributed by atoms with Gasteiger partial charge in [-0.2, -0.15) is 0 Å². The molecule has 4 fully saturated rings. The third kappa shape index (κ3) is 4.02. The number of hydrazine groups is 1. The molecule has 3 N–H and O–H groups in total. The number of para-hydroxylation sites is 1. The zero-order valence-electron chi connectivity index (χ0n) is 20.9. The van der Waals surface area contributed by atoms with Gasteiger partial charge in [0.1, 0.15) is 0 Å². The molecule has 0 atom stereocenters. The molecular formula is C30H34N4O2. The Morgan fingerprint density at radius 3 is 2.25 bits per heavy atom. The van der Waals surface area contributed by atoms with Crippen LogP contribution in [0.1, 0.15) is 67.8 Å². The van der Waals surface area contributed by atoms with Gasteiger partial charge in [0.15, 0.2) is 0 Å². The maximum absolute atomic E-state index is 13.8. The second kappa shape index (κ2) is 8.91. The van der Waals surface area contributed by atoms with Gasteiger partial charge in [-0.1, -0.05) is 55.8 Å². The molecule has 186 valence electrons. The smallest absolute Gasteiger partial charge is 0.334 e. The predicted molar refractivity (Wildman–Crippen MR) is 141 cm³/mol. The summed E-state index contributed by atoms with van der Waals surface area (Å²) in [6.07, 6.45) is 8.64. The Labute approximate surface area is 212 Å². The minimum absolute atomic E-state index is 0.313. The molecule has 0 aliphatic heterocycles. The van der Waals surface area contributed by atoms with Crippen LogP contribution in [0.15, 0.2) is 54.6 Å². The number of benzene rings is 2. The second-order valence-electron chi connectivity index (χ2n) is 11.3. The summed E-state index contributed by atoms with van der Waals surface area (Å²) in [5, 5.41) is 2.25. The van der Waals surface area contributed by atoms with E-state index >= 15 is 0 Å². The molecule has 2 aromatic carbocycles. The van der Waals surface area contributed by atoms with Crippen LogP contribution in [0, 0.1) is 17.8 Å². The summed E-state index contributed by atoms with van der Waals surface area (Å²) < 4.78 is 0. The van der Waals surface area contributed by atoms with Crippen molar-refractivity contribution in [3.8, 4) is 11.3 Å². The van der Waals surface area contributed by atoms with Gasteiger partial charge in [-0.05, 0) is 80.4 Å². The average Bonchev–Trinajstić information content (AvgIpc) is 2.86. The minimum atomic E-state index is -0.574. The lowest BCUT2D eigenvalue weighted by atomic mass is 9.53. The number of fused-ring (bicyclic) bond motifs is 1. The van der Waals surface area contributed by atoms with E-state index in [1.165, 1.54) is 29.8 Å². The molecule has 6 nitrogen and oxygen atoms in total. The van der Waals surface area contributed by atoms with Crippen molar-refractivity contribution in [2.45, 2.75) is 63.8 Å². The topological polar surface area (TPSA) is 88.3 Å². The molecule has 4 aliphatic carbocycles. The van der Waals surface area contributed by atoms with Crippen molar-refractivity contribution < 1.29 is 9.59 Å². The van der Waals surface area contributed by atoms with Gasteiger partial charge in [-0.25, -0.2) is 14.8 Å². The molecule has 36 heavy (non-hydrogen) atoms. The highest BCUT2D eigenvalue weighted by molar-refractivity contribution is 6.07. The standard InChI is InChI=1S/C30H34N4O2/c1-2-5-19-8-10-23(11-9-19)27-15-25(24-6-3-4-7-26(24)32-27)28(35)33-34(29(31)36)30-16-20-12-21(17-30)14-22(13-20)18-30/h3-4,6-11,15,20-22H,2,5,12-14,16-18H2,1H3,(H2,31,36)(H,33,35). The Bertz CT molecular complexity index is 1280. The molecule has 3 amide bonds. The van der Waals surface area contributed by atoms with Crippen LogP contribution in [0.3, 0.4) is 0 Å². The van der Waals surface area contributed by atoms with Crippen LogP contribution >= 0.6 is 0 Å². The maximum atomic E-state index is 13.8. The zero-order valence-corrected chi connectivity index (χ0v) is 20.9. The number of aromatic nitrogens is 1. The minimum Gasteiger partial charge on any atom is -0.350 e. The molecule has 3 aromatic rings. The van der Waals surface area contributed by atoms with Crippen molar-refractivity contribution in [2.75, 3.05) is 0 Å². The number of nitrogens with one attached hydrogen (secondary N) is 1. The van der Waals surface area contributed by atoms with E-state index in [1.807, 2.05) is 30.3 Å². The van der Waals surface area contributed by atoms with Gasteiger partial charge in [0.25, 0.3) is 5.91 Å². The lowest BCUT2D eigenvalue weighted by molar-refractivity contribution is -0.0818. The highest BCUT2D eigenvalue weighted by Crippen LogP contribution is 2.57. The highest BCUT2D eigenvalue weighted by atomic mass is 16.2. The van der Waals surface area contributed by atoms with Crippen LogP contribution in [0.4, 0.5) is 4.79 Å². The van der Waals surface area contributed by atoms with E-state index in [0.29, 0.717) is 23.3 Å². The molecule has 4 bridgehead atoms. The fraction of sp³-hybridized carbons (Fsp3) is 0.433. The van der Waals surface area contributed by atoms with E-state index in [0.717, 1.165) is 54.3 Å². The lowest BCUT2D eigenvalue weighted by Gasteiger charge is -2.59. The summed E-state index contributed by atoms with van der Waals surface area (Å²) in [6, 6.07) is 17.3. The third-order valence-electron chi connectivity index (χ3n) is 8.66. The summed E-state index contributed by atoms with van der Waals surface area (Å²) >= 11 is 0. The van der Waals surface area contributed by atoms with Crippen LogP contribution in [0.25, 0.3) is 22.2 Å². The van der Waals surface area contributed by atoms with Crippen LogP contribution < -0.4 is 11.2 Å². The summed E-state index contributed by atoms with van der Waals surface area (Å²) in [7, 11) is 0. The number of urea groups is 1. The van der Waals surface area contributed by atoms with Gasteiger partial charge in [0.05, 0.1) is 22.3 Å². The van der Waals surface area contributed by atoms with E-state index in [1.54, 1.807) is 0 Å². The van der Waals surface area contributed by atoms with Crippen molar-refractivity contribution in [3.05, 3.63) is 65.7 Å². The summed E-state index contributed by atoms with van der Waals surface area (Å²) in [5.74, 6) is 1.56. The maximum Gasteiger partial charge on any atom is 0.334 e. The number of hydrogen-bond acceptors (Lipinski definition) is 3. The van der Waals surface area contributed by atoms with Crippen LogP contribution in [-0.2, 0) is 6.42 Å². The number of carbonyl (C=O) groups is 2. The molecule has 6 heteroatoms. The predicted octanol–water partition coefficient (Wildman–Crippen LogP) is 5.85. The zero-order chi connectivity index (χ0) is 24.9. The molecular weight excluding hydrogens is 448 g/mol. The van der Waals surface area contributed by atoms with Gasteiger partial charge in [-0.3, -0.25) is 10.2 Å². The first-order valence-corrected chi connectivity index (χ1v) is 13.3. The largest absolute Gasteiger partial charge is 0.350 e. The van der Waals surface area contributed by atoms with Gasteiger partial charge in [0, 0.05) is 10.9 Å². The number of hydrogen-bond donors (Lipinski definition) is 2. The van der Waals surface area contributed by atoms with E-state index in [4.69, 9.17) is 10.7 Å². The van der Waals surface area contributed by atoms with E-state index in [9.17, 15) is 9.59 Å². The number of aryl methyl sites for hydroxylation is 1. The molecule has 7 rings (SSSR count). The number of amides is 3. The quantitative estimate of drug-likeness (QED) is 0.447. The average molecular weight is 483 g/mol. The van der Waals surface area contributed by atoms with E-state index < -0.39 is 6.03 Å². The Balaban J connectivity index is 1.35. The number of carbonyl (C=O) groups excluding carboxylic acids is 2. The van der Waals surface area contributed by atoms with E-state index in [-0.39, 0.29) is 11.4 Å². The molecule has 0 saturated heterocycles. The number of primary amides is 1. The normalized spacial score (nSPS) is 26.2. The van der Waals surface area contributed by atoms with Crippen molar-refractivity contribution in [2.24, 2.45) is 23.5 Å². The van der Waals surface area contributed by atoms with Crippen molar-refractivity contribution in [1.29, 1.82) is 0 Å². The molecule has 4 aliphatic rings.